The molecule has 4 atom stereocenters. The molecule has 0 aromatic rings. The molecular formula is C5H9FO4. The summed E-state index contributed by atoms with van der Waals surface area (Å²) in [5.41, 5.74) is 0. The van der Waals surface area contributed by atoms with Crippen LogP contribution in [0.4, 0.5) is 4.39 Å². The predicted octanol–water partition coefficient (Wildman–Crippen LogP) is -1.61. The molecule has 0 spiro atoms. The first-order valence-electron chi connectivity index (χ1n) is 2.93. The molecule has 1 aliphatic heterocycles. The van der Waals surface area contributed by atoms with E-state index < -0.39 is 24.7 Å². The van der Waals surface area contributed by atoms with Gasteiger partial charge >= 0.3 is 0 Å². The molecule has 0 aromatic heterocycles. The van der Waals surface area contributed by atoms with Crippen molar-refractivity contribution in [2.24, 2.45) is 0 Å². The van der Waals surface area contributed by atoms with Gasteiger partial charge in [-0.2, -0.15) is 0 Å². The first-order chi connectivity index (χ1) is 4.63. The summed E-state index contributed by atoms with van der Waals surface area (Å²) in [6, 6.07) is 0. The molecule has 1 rings (SSSR count). The summed E-state index contributed by atoms with van der Waals surface area (Å²) in [5.74, 6) is 0. The number of aliphatic hydroxyl groups is 3. The smallest absolute Gasteiger partial charge is 0.189 e. The van der Waals surface area contributed by atoms with Gasteiger partial charge in [0.25, 0.3) is 0 Å². The number of hydrogen-bond acceptors (Lipinski definition) is 4. The SMILES string of the molecule is O[C@H]1[C@@H](F)[C@@H](O)OC[C@H]1O. The topological polar surface area (TPSA) is 69.9 Å². The lowest BCUT2D eigenvalue weighted by Crippen LogP contribution is -2.50. The summed E-state index contributed by atoms with van der Waals surface area (Å²) in [6.45, 7) is -0.233. The zero-order valence-corrected chi connectivity index (χ0v) is 5.14. The zero-order valence-electron chi connectivity index (χ0n) is 5.14. The van der Waals surface area contributed by atoms with E-state index in [9.17, 15) is 4.39 Å². The Morgan fingerprint density at radius 1 is 1.30 bits per heavy atom. The van der Waals surface area contributed by atoms with Crippen molar-refractivity contribution in [3.8, 4) is 0 Å². The minimum Gasteiger partial charge on any atom is -0.388 e. The van der Waals surface area contributed by atoms with E-state index in [0.717, 1.165) is 0 Å². The molecule has 0 amide bonds. The van der Waals surface area contributed by atoms with Crippen LogP contribution < -0.4 is 0 Å². The van der Waals surface area contributed by atoms with Crippen LogP contribution in [0, 0.1) is 0 Å². The van der Waals surface area contributed by atoms with Gasteiger partial charge in [-0.05, 0) is 0 Å². The number of alkyl halides is 1. The molecular weight excluding hydrogens is 143 g/mol. The molecule has 5 heteroatoms. The average Bonchev–Trinajstić information content (AvgIpc) is 1.93. The highest BCUT2D eigenvalue weighted by atomic mass is 19.1. The minimum atomic E-state index is -1.91. The summed E-state index contributed by atoms with van der Waals surface area (Å²) < 4.78 is 16.8. The molecule has 0 bridgehead atoms. The summed E-state index contributed by atoms with van der Waals surface area (Å²) in [4.78, 5) is 0. The van der Waals surface area contributed by atoms with Crippen molar-refractivity contribution in [1.82, 2.24) is 0 Å². The summed E-state index contributed by atoms with van der Waals surface area (Å²) >= 11 is 0. The van der Waals surface area contributed by atoms with Crippen molar-refractivity contribution in [1.29, 1.82) is 0 Å². The van der Waals surface area contributed by atoms with Gasteiger partial charge in [0.1, 0.15) is 12.2 Å². The average molecular weight is 152 g/mol. The fourth-order valence-electron chi connectivity index (χ4n) is 0.769. The van der Waals surface area contributed by atoms with Crippen molar-refractivity contribution >= 4 is 0 Å². The van der Waals surface area contributed by atoms with E-state index in [-0.39, 0.29) is 6.61 Å². The third kappa shape index (κ3) is 1.27. The highest BCUT2D eigenvalue weighted by Gasteiger charge is 2.37. The van der Waals surface area contributed by atoms with E-state index in [1.165, 1.54) is 0 Å². The minimum absolute atomic E-state index is 0.233. The quantitative estimate of drug-likeness (QED) is 0.391. The van der Waals surface area contributed by atoms with E-state index >= 15 is 0 Å². The van der Waals surface area contributed by atoms with Gasteiger partial charge in [-0.15, -0.1) is 0 Å². The Morgan fingerprint density at radius 3 is 2.40 bits per heavy atom. The summed E-state index contributed by atoms with van der Waals surface area (Å²) in [5, 5.41) is 26.1. The molecule has 0 saturated carbocycles. The Labute approximate surface area is 56.9 Å². The highest BCUT2D eigenvalue weighted by molar-refractivity contribution is 4.81. The maximum absolute atomic E-state index is 12.4. The largest absolute Gasteiger partial charge is 0.388 e. The van der Waals surface area contributed by atoms with E-state index in [0.29, 0.717) is 0 Å². The molecule has 0 unspecified atom stereocenters. The van der Waals surface area contributed by atoms with Crippen molar-refractivity contribution in [3.63, 3.8) is 0 Å². The molecule has 1 fully saturated rings. The molecule has 10 heavy (non-hydrogen) atoms. The van der Waals surface area contributed by atoms with Crippen molar-refractivity contribution in [2.75, 3.05) is 6.61 Å². The fraction of sp³-hybridized carbons (Fsp3) is 1.00. The van der Waals surface area contributed by atoms with Crippen LogP contribution in [-0.4, -0.2) is 46.6 Å². The first-order valence-corrected chi connectivity index (χ1v) is 2.93. The Hall–Kier alpha value is -0.230. The molecule has 1 aliphatic rings. The number of ether oxygens (including phenoxy) is 1. The van der Waals surface area contributed by atoms with Crippen molar-refractivity contribution in [3.05, 3.63) is 0 Å². The van der Waals surface area contributed by atoms with Crippen LogP contribution in [0.5, 0.6) is 0 Å². The van der Waals surface area contributed by atoms with Gasteiger partial charge in [-0.3, -0.25) is 0 Å². The monoisotopic (exact) mass is 152 g/mol. The second-order valence-corrected chi connectivity index (χ2v) is 2.23. The van der Waals surface area contributed by atoms with Gasteiger partial charge in [0, 0.05) is 0 Å². The normalized spacial score (nSPS) is 49.2. The van der Waals surface area contributed by atoms with E-state index in [1.54, 1.807) is 0 Å². The summed E-state index contributed by atoms with van der Waals surface area (Å²) in [7, 11) is 0. The van der Waals surface area contributed by atoms with Crippen LogP contribution in [-0.2, 0) is 4.74 Å². The van der Waals surface area contributed by atoms with E-state index in [2.05, 4.69) is 4.74 Å². The number of rotatable bonds is 0. The standard InChI is InChI=1S/C5H9FO4/c6-3-4(8)2(7)1-10-5(3)9/h2-5,7-9H,1H2/t2-,3-,4-,5+/m1/s1. The second kappa shape index (κ2) is 2.79. The van der Waals surface area contributed by atoms with Gasteiger partial charge in [0.2, 0.25) is 0 Å². The van der Waals surface area contributed by atoms with Crippen molar-refractivity contribution < 1.29 is 24.4 Å². The maximum Gasteiger partial charge on any atom is 0.189 e. The van der Waals surface area contributed by atoms with Gasteiger partial charge in [0.15, 0.2) is 12.5 Å². The van der Waals surface area contributed by atoms with Gasteiger partial charge in [0.05, 0.1) is 6.61 Å². The lowest BCUT2D eigenvalue weighted by molar-refractivity contribution is -0.233. The van der Waals surface area contributed by atoms with E-state index in [1.807, 2.05) is 0 Å². The molecule has 4 nitrogen and oxygen atoms in total. The maximum atomic E-state index is 12.4. The fourth-order valence-corrected chi connectivity index (χ4v) is 0.769. The van der Waals surface area contributed by atoms with Crippen LogP contribution in [0.15, 0.2) is 0 Å². The lowest BCUT2D eigenvalue weighted by atomic mass is 10.1. The first kappa shape index (κ1) is 7.87. The molecule has 3 N–H and O–H groups in total. The lowest BCUT2D eigenvalue weighted by Gasteiger charge is -2.30. The highest BCUT2D eigenvalue weighted by Crippen LogP contribution is 2.16. The third-order valence-corrected chi connectivity index (χ3v) is 1.43. The predicted molar refractivity (Wildman–Crippen MR) is 28.9 cm³/mol. The van der Waals surface area contributed by atoms with Crippen LogP contribution in [0.3, 0.4) is 0 Å². The Balaban J connectivity index is 2.52. The number of aliphatic hydroxyl groups excluding tert-OH is 3. The zero-order chi connectivity index (χ0) is 7.72. The Morgan fingerprint density at radius 2 is 1.90 bits per heavy atom. The third-order valence-electron chi connectivity index (χ3n) is 1.43. The molecule has 60 valence electrons. The van der Waals surface area contributed by atoms with Crippen molar-refractivity contribution in [2.45, 2.75) is 24.7 Å². The van der Waals surface area contributed by atoms with E-state index in [4.69, 9.17) is 15.3 Å². The number of halogens is 1. The molecule has 0 radical (unpaired) electrons. The van der Waals surface area contributed by atoms with Gasteiger partial charge < -0.3 is 20.1 Å². The van der Waals surface area contributed by atoms with Crippen LogP contribution in [0.25, 0.3) is 0 Å². The van der Waals surface area contributed by atoms with Gasteiger partial charge in [-0.1, -0.05) is 0 Å². The molecule has 1 saturated heterocycles. The molecule has 0 aromatic carbocycles. The Kier molecular flexibility index (Phi) is 2.20. The second-order valence-electron chi connectivity index (χ2n) is 2.23. The van der Waals surface area contributed by atoms with Crippen LogP contribution >= 0.6 is 0 Å². The molecule has 0 aliphatic carbocycles. The van der Waals surface area contributed by atoms with Crippen LogP contribution in [0.2, 0.25) is 0 Å². The van der Waals surface area contributed by atoms with Gasteiger partial charge in [-0.25, -0.2) is 4.39 Å². The number of hydrogen-bond donors (Lipinski definition) is 3. The Bertz CT molecular complexity index is 106. The summed E-state index contributed by atoms with van der Waals surface area (Å²) in [6.07, 6.45) is -6.30. The molecule has 1 heterocycles. The van der Waals surface area contributed by atoms with Crippen LogP contribution in [0.1, 0.15) is 0 Å².